The molecule has 232 valence electrons. The Kier molecular flexibility index (Phi) is 6.67. The molecule has 2 heterocycles. The summed E-state index contributed by atoms with van der Waals surface area (Å²) in [6, 6.07) is 71.2. The lowest BCUT2D eigenvalue weighted by atomic mass is 9.42. The summed E-state index contributed by atoms with van der Waals surface area (Å²) in [5.41, 5.74) is 20.1. The van der Waals surface area contributed by atoms with Crippen molar-refractivity contribution in [1.82, 2.24) is 0 Å². The first-order chi connectivity index (χ1) is 24.8. The number of hydrogen-bond acceptors (Lipinski definition) is 1. The van der Waals surface area contributed by atoms with Crippen molar-refractivity contribution in [3.8, 4) is 66.8 Å². The Morgan fingerprint density at radius 3 is 1.06 bits per heavy atom. The smallest absolute Gasteiger partial charge is 0.329 e. The molecule has 0 atom stereocenters. The van der Waals surface area contributed by atoms with Crippen LogP contribution in [0.2, 0.25) is 0 Å². The van der Waals surface area contributed by atoms with Crippen molar-refractivity contribution in [2.75, 3.05) is 4.81 Å². The fraction of sp³-hybridized carbons (Fsp3) is 0. The van der Waals surface area contributed by atoms with E-state index >= 15 is 0 Å². The van der Waals surface area contributed by atoms with Crippen LogP contribution in [0.5, 0.6) is 0 Å². The summed E-state index contributed by atoms with van der Waals surface area (Å²) in [5, 5.41) is 0. The molecule has 0 bridgehead atoms. The summed E-state index contributed by atoms with van der Waals surface area (Å²) >= 11 is 0. The van der Waals surface area contributed by atoms with Gasteiger partial charge in [0, 0.05) is 22.5 Å². The normalized spacial score (nSPS) is 12.3. The molecule has 0 unspecified atom stereocenters. The van der Waals surface area contributed by atoms with Crippen molar-refractivity contribution in [1.29, 1.82) is 0 Å². The van der Waals surface area contributed by atoms with E-state index in [4.69, 9.17) is 0 Å². The molecule has 2 aliphatic heterocycles. The summed E-state index contributed by atoms with van der Waals surface area (Å²) in [6.45, 7) is -0.00234. The molecule has 0 saturated heterocycles. The van der Waals surface area contributed by atoms with Gasteiger partial charge < -0.3 is 4.81 Å². The second-order valence-corrected chi connectivity index (χ2v) is 13.2. The highest BCUT2D eigenvalue weighted by Gasteiger charge is 2.43. The molecule has 8 aromatic carbocycles. The summed E-state index contributed by atoms with van der Waals surface area (Å²) < 4.78 is 0. The van der Waals surface area contributed by atoms with Crippen LogP contribution in [0, 0.1) is 0 Å². The van der Waals surface area contributed by atoms with E-state index < -0.39 is 0 Å². The Labute approximate surface area is 293 Å². The Bertz CT molecular complexity index is 2350. The Balaban J connectivity index is 1.30. The van der Waals surface area contributed by atoms with Gasteiger partial charge >= 0.3 is 6.85 Å². The van der Waals surface area contributed by atoms with E-state index in [2.05, 4.69) is 199 Å². The molecule has 2 heteroatoms. The molecule has 0 spiro atoms. The highest BCUT2D eigenvalue weighted by atomic mass is 15.1. The Morgan fingerprint density at radius 1 is 0.280 bits per heavy atom. The first kappa shape index (κ1) is 28.6. The Morgan fingerprint density at radius 2 is 0.660 bits per heavy atom. The third-order valence-corrected chi connectivity index (χ3v) is 10.5. The Hall–Kier alpha value is -6.38. The maximum absolute atomic E-state index is 2.61. The minimum Gasteiger partial charge on any atom is -0.376 e. The fourth-order valence-corrected chi connectivity index (χ4v) is 8.28. The van der Waals surface area contributed by atoms with Gasteiger partial charge in [0.2, 0.25) is 0 Å². The zero-order valence-electron chi connectivity index (χ0n) is 27.5. The number of hydrogen-bond donors (Lipinski definition) is 0. The summed E-state index contributed by atoms with van der Waals surface area (Å²) in [4.78, 5) is 2.61. The molecule has 10 rings (SSSR count). The van der Waals surface area contributed by atoms with Crippen molar-refractivity contribution >= 4 is 29.1 Å². The summed E-state index contributed by atoms with van der Waals surface area (Å²) in [6.07, 6.45) is 0. The van der Waals surface area contributed by atoms with E-state index in [0.717, 1.165) is 0 Å². The van der Waals surface area contributed by atoms with Crippen LogP contribution in [0.4, 0.5) is 11.4 Å². The van der Waals surface area contributed by atoms with Crippen LogP contribution in [0.1, 0.15) is 0 Å². The predicted molar refractivity (Wildman–Crippen MR) is 213 cm³/mol. The van der Waals surface area contributed by atoms with E-state index in [1.54, 1.807) is 0 Å². The van der Waals surface area contributed by atoms with Gasteiger partial charge in [-0.1, -0.05) is 170 Å². The van der Waals surface area contributed by atoms with E-state index in [9.17, 15) is 0 Å². The van der Waals surface area contributed by atoms with Gasteiger partial charge in [0.15, 0.2) is 0 Å². The van der Waals surface area contributed by atoms with Gasteiger partial charge in [0.25, 0.3) is 0 Å². The summed E-state index contributed by atoms with van der Waals surface area (Å²) in [7, 11) is 0. The SMILES string of the molecule is c1ccc(-c2ccc3c(c2)-c2c(cccc2-c2ccccc2)B2c4cccc(-c5ccccc5)c4-c4cc(-c5ccccc5)ccc4N23)cc1. The van der Waals surface area contributed by atoms with Crippen LogP contribution in [0.3, 0.4) is 0 Å². The summed E-state index contributed by atoms with van der Waals surface area (Å²) in [5.74, 6) is 0. The van der Waals surface area contributed by atoms with Gasteiger partial charge in [-0.2, -0.15) is 0 Å². The lowest BCUT2D eigenvalue weighted by molar-refractivity contribution is 1.35. The maximum Gasteiger partial charge on any atom is 0.329 e. The second-order valence-electron chi connectivity index (χ2n) is 13.2. The number of nitrogens with zero attached hydrogens (tertiary/aromatic N) is 1. The molecule has 8 aromatic rings. The standard InChI is InChI=1S/C48H32BN/c1-5-15-33(16-6-1)37-27-29-45-41(31-37)47-39(35-19-9-3-10-20-35)23-13-25-43(47)49-44-26-14-24-40(36-21-11-4-12-22-36)48(44)42-32-38(28-30-46(42)50(45)49)34-17-7-2-8-18-34/h1-32H. The first-order valence-electron chi connectivity index (χ1n) is 17.4. The molecule has 2 aliphatic rings. The fourth-order valence-electron chi connectivity index (χ4n) is 8.28. The zero-order chi connectivity index (χ0) is 33.0. The number of anilines is 2. The topological polar surface area (TPSA) is 3.24 Å². The lowest BCUT2D eigenvalue weighted by Gasteiger charge is -2.44. The molecule has 0 fully saturated rings. The van der Waals surface area contributed by atoms with E-state index in [1.807, 2.05) is 0 Å². The average Bonchev–Trinajstić information content (AvgIpc) is 3.21. The minimum atomic E-state index is -0.00234. The number of rotatable bonds is 4. The lowest BCUT2D eigenvalue weighted by Crippen LogP contribution is -2.59. The van der Waals surface area contributed by atoms with E-state index in [-0.39, 0.29) is 6.85 Å². The van der Waals surface area contributed by atoms with Crippen LogP contribution in [0.25, 0.3) is 66.8 Å². The average molecular weight is 634 g/mol. The zero-order valence-corrected chi connectivity index (χ0v) is 27.5. The molecule has 0 N–H and O–H groups in total. The quantitative estimate of drug-likeness (QED) is 0.174. The van der Waals surface area contributed by atoms with Crippen LogP contribution in [-0.2, 0) is 0 Å². The molecule has 1 nitrogen and oxygen atoms in total. The molecule has 0 radical (unpaired) electrons. The van der Waals surface area contributed by atoms with Crippen LogP contribution >= 0.6 is 0 Å². The van der Waals surface area contributed by atoms with E-state index in [1.165, 1.54) is 89.1 Å². The second kappa shape index (κ2) is 11.6. The van der Waals surface area contributed by atoms with Gasteiger partial charge in [-0.25, -0.2) is 0 Å². The van der Waals surface area contributed by atoms with Crippen LogP contribution < -0.4 is 15.7 Å². The third-order valence-electron chi connectivity index (χ3n) is 10.5. The molecule has 0 aliphatic carbocycles. The van der Waals surface area contributed by atoms with Crippen molar-refractivity contribution in [3.05, 3.63) is 194 Å². The van der Waals surface area contributed by atoms with Crippen LogP contribution in [-0.4, -0.2) is 6.85 Å². The van der Waals surface area contributed by atoms with Crippen LogP contribution in [0.15, 0.2) is 194 Å². The first-order valence-corrected chi connectivity index (χ1v) is 17.4. The number of benzene rings is 8. The highest BCUT2D eigenvalue weighted by Crippen LogP contribution is 2.51. The van der Waals surface area contributed by atoms with E-state index in [0.29, 0.717) is 0 Å². The van der Waals surface area contributed by atoms with Gasteiger partial charge in [-0.15, -0.1) is 0 Å². The molecular formula is C48H32BN. The van der Waals surface area contributed by atoms with Gasteiger partial charge in [-0.05, 0) is 90.8 Å². The van der Waals surface area contributed by atoms with Gasteiger partial charge in [0.05, 0.1) is 0 Å². The van der Waals surface area contributed by atoms with Crippen molar-refractivity contribution in [3.63, 3.8) is 0 Å². The van der Waals surface area contributed by atoms with Crippen molar-refractivity contribution in [2.24, 2.45) is 0 Å². The van der Waals surface area contributed by atoms with Gasteiger partial charge in [-0.3, -0.25) is 0 Å². The highest BCUT2D eigenvalue weighted by molar-refractivity contribution is 6.92. The molecule has 0 amide bonds. The molecular weight excluding hydrogens is 601 g/mol. The van der Waals surface area contributed by atoms with Crippen molar-refractivity contribution in [2.45, 2.75) is 0 Å². The third kappa shape index (κ3) is 4.49. The monoisotopic (exact) mass is 633 g/mol. The molecule has 0 aromatic heterocycles. The largest absolute Gasteiger partial charge is 0.376 e. The maximum atomic E-state index is 2.61. The van der Waals surface area contributed by atoms with Gasteiger partial charge in [0.1, 0.15) is 0 Å². The number of fused-ring (bicyclic) bond motifs is 11. The molecule has 50 heavy (non-hydrogen) atoms. The van der Waals surface area contributed by atoms with Crippen molar-refractivity contribution < 1.29 is 0 Å². The molecule has 0 saturated carbocycles. The minimum absolute atomic E-state index is 0.00234. The predicted octanol–water partition coefficient (Wildman–Crippen LogP) is 11.3.